The summed E-state index contributed by atoms with van der Waals surface area (Å²) < 4.78 is 0. The van der Waals surface area contributed by atoms with E-state index in [-0.39, 0.29) is 5.91 Å². The first-order chi connectivity index (χ1) is 9.04. The average Bonchev–Trinajstić information content (AvgIpc) is 2.34. The third-order valence-corrected chi connectivity index (χ3v) is 3.96. The molecular weight excluding hydrogens is 283 g/mol. The maximum atomic E-state index is 12.0. The largest absolute Gasteiger partial charge is 0.325 e. The number of benzene rings is 1. The van der Waals surface area contributed by atoms with Gasteiger partial charge >= 0.3 is 0 Å². The Bertz CT molecular complexity index is 465. The predicted octanol–water partition coefficient (Wildman–Crippen LogP) is 3.66. The molecule has 2 rings (SSSR count). The van der Waals surface area contributed by atoms with Gasteiger partial charge in [0.25, 0.3) is 0 Å². The second-order valence-electron chi connectivity index (χ2n) is 5.15. The molecular formula is C14H18Cl2N2O. The van der Waals surface area contributed by atoms with Gasteiger partial charge in [0.1, 0.15) is 0 Å². The van der Waals surface area contributed by atoms with E-state index in [0.717, 1.165) is 25.9 Å². The van der Waals surface area contributed by atoms with Crippen LogP contribution in [0.15, 0.2) is 18.2 Å². The van der Waals surface area contributed by atoms with Gasteiger partial charge < -0.3 is 10.2 Å². The third kappa shape index (κ3) is 4.37. The molecule has 1 aliphatic heterocycles. The zero-order valence-electron chi connectivity index (χ0n) is 11.0. The quantitative estimate of drug-likeness (QED) is 0.924. The number of amides is 1. The van der Waals surface area contributed by atoms with E-state index in [1.54, 1.807) is 18.2 Å². The van der Waals surface area contributed by atoms with Crippen molar-refractivity contribution < 1.29 is 4.79 Å². The van der Waals surface area contributed by atoms with Crippen molar-refractivity contribution in [2.75, 3.05) is 25.5 Å². The van der Waals surface area contributed by atoms with E-state index in [4.69, 9.17) is 23.2 Å². The fourth-order valence-electron chi connectivity index (χ4n) is 2.50. The number of likely N-dealkylation sites (tertiary alicyclic amines) is 1. The zero-order chi connectivity index (χ0) is 13.8. The summed E-state index contributed by atoms with van der Waals surface area (Å²) in [6, 6.07) is 5.07. The Balaban J connectivity index is 1.92. The van der Waals surface area contributed by atoms with Crippen molar-refractivity contribution in [3.05, 3.63) is 28.2 Å². The van der Waals surface area contributed by atoms with Crippen LogP contribution in [-0.2, 0) is 4.79 Å². The summed E-state index contributed by atoms with van der Waals surface area (Å²) in [7, 11) is 2.10. The predicted molar refractivity (Wildman–Crippen MR) is 79.9 cm³/mol. The van der Waals surface area contributed by atoms with Crippen LogP contribution in [0, 0.1) is 5.92 Å². The van der Waals surface area contributed by atoms with Gasteiger partial charge in [0.2, 0.25) is 5.91 Å². The number of anilines is 1. The van der Waals surface area contributed by atoms with E-state index in [0.29, 0.717) is 28.1 Å². The van der Waals surface area contributed by atoms with E-state index in [9.17, 15) is 4.79 Å². The molecule has 0 aromatic heterocycles. The second-order valence-corrected chi connectivity index (χ2v) is 5.99. The van der Waals surface area contributed by atoms with Crippen molar-refractivity contribution >= 4 is 34.8 Å². The minimum Gasteiger partial charge on any atom is -0.325 e. The molecule has 1 aromatic carbocycles. The highest BCUT2D eigenvalue weighted by atomic mass is 35.5. The molecule has 0 bridgehead atoms. The number of halogens is 2. The highest BCUT2D eigenvalue weighted by Gasteiger charge is 2.20. The molecule has 1 amide bonds. The van der Waals surface area contributed by atoms with Crippen LogP contribution in [0.1, 0.15) is 19.3 Å². The van der Waals surface area contributed by atoms with Gasteiger partial charge in [-0.1, -0.05) is 23.2 Å². The molecule has 104 valence electrons. The monoisotopic (exact) mass is 300 g/mol. The lowest BCUT2D eigenvalue weighted by Crippen LogP contribution is -2.34. The fourth-order valence-corrected chi connectivity index (χ4v) is 2.83. The molecule has 0 spiro atoms. The van der Waals surface area contributed by atoms with Gasteiger partial charge in [-0.3, -0.25) is 4.79 Å². The number of carbonyl (C=O) groups excluding carboxylic acids is 1. The van der Waals surface area contributed by atoms with Crippen molar-refractivity contribution in [3.63, 3.8) is 0 Å². The normalized spacial score (nSPS) is 20.3. The van der Waals surface area contributed by atoms with Gasteiger partial charge in [-0.25, -0.2) is 0 Å². The highest BCUT2D eigenvalue weighted by Crippen LogP contribution is 2.26. The molecule has 0 radical (unpaired) electrons. The molecule has 1 N–H and O–H groups in total. The van der Waals surface area contributed by atoms with Crippen molar-refractivity contribution in [2.24, 2.45) is 5.92 Å². The van der Waals surface area contributed by atoms with E-state index in [2.05, 4.69) is 17.3 Å². The molecule has 1 fully saturated rings. The Labute approximate surface area is 123 Å². The van der Waals surface area contributed by atoms with Crippen LogP contribution in [0.25, 0.3) is 0 Å². The number of carbonyl (C=O) groups is 1. The Hall–Kier alpha value is -0.770. The summed E-state index contributed by atoms with van der Waals surface area (Å²) in [4.78, 5) is 14.3. The maximum Gasteiger partial charge on any atom is 0.224 e. The van der Waals surface area contributed by atoms with Gasteiger partial charge in [-0.05, 0) is 50.6 Å². The van der Waals surface area contributed by atoms with E-state index >= 15 is 0 Å². The Kier molecular flexibility index (Phi) is 5.08. The summed E-state index contributed by atoms with van der Waals surface area (Å²) in [5, 5.41) is 3.92. The van der Waals surface area contributed by atoms with Gasteiger partial charge in [-0.15, -0.1) is 0 Å². The van der Waals surface area contributed by atoms with Crippen LogP contribution in [0.4, 0.5) is 5.69 Å². The molecule has 1 aromatic rings. The smallest absolute Gasteiger partial charge is 0.224 e. The first-order valence-electron chi connectivity index (χ1n) is 6.48. The summed E-state index contributed by atoms with van der Waals surface area (Å²) in [5.41, 5.74) is 0.586. The van der Waals surface area contributed by atoms with E-state index in [1.165, 1.54) is 0 Å². The van der Waals surface area contributed by atoms with E-state index < -0.39 is 0 Å². The summed E-state index contributed by atoms with van der Waals surface area (Å²) in [5.74, 6) is 0.432. The standard InChI is InChI=1S/C14H18Cl2N2O/c1-18-6-2-3-10(9-18)7-14(19)17-13-8-11(15)4-5-12(13)16/h4-5,8,10H,2-3,6-7,9H2,1H3,(H,17,19). The minimum absolute atomic E-state index is 0.00414. The van der Waals surface area contributed by atoms with Crippen LogP contribution >= 0.6 is 23.2 Å². The molecule has 19 heavy (non-hydrogen) atoms. The fraction of sp³-hybridized carbons (Fsp3) is 0.500. The lowest BCUT2D eigenvalue weighted by Gasteiger charge is -2.29. The maximum absolute atomic E-state index is 12.0. The van der Waals surface area contributed by atoms with Crippen LogP contribution in [0.2, 0.25) is 10.0 Å². The van der Waals surface area contributed by atoms with Crippen molar-refractivity contribution in [3.8, 4) is 0 Å². The SMILES string of the molecule is CN1CCCC(CC(=O)Nc2cc(Cl)ccc2Cl)C1. The van der Waals surface area contributed by atoms with Crippen molar-refractivity contribution in [2.45, 2.75) is 19.3 Å². The number of hydrogen-bond donors (Lipinski definition) is 1. The Morgan fingerprint density at radius 1 is 1.47 bits per heavy atom. The van der Waals surface area contributed by atoms with Crippen LogP contribution < -0.4 is 5.32 Å². The molecule has 1 saturated heterocycles. The summed E-state index contributed by atoms with van der Waals surface area (Å²) in [6.07, 6.45) is 2.81. The van der Waals surface area contributed by atoms with Gasteiger partial charge in [0.05, 0.1) is 10.7 Å². The van der Waals surface area contributed by atoms with Crippen LogP contribution in [0.5, 0.6) is 0 Å². The molecule has 1 aliphatic rings. The van der Waals surface area contributed by atoms with Crippen molar-refractivity contribution in [1.82, 2.24) is 4.90 Å². The number of piperidine rings is 1. The first kappa shape index (κ1) is 14.6. The van der Waals surface area contributed by atoms with Gasteiger partial charge in [-0.2, -0.15) is 0 Å². The molecule has 0 aliphatic carbocycles. The lowest BCUT2D eigenvalue weighted by atomic mass is 9.95. The number of hydrogen-bond acceptors (Lipinski definition) is 2. The molecule has 3 nitrogen and oxygen atoms in total. The van der Waals surface area contributed by atoms with Crippen LogP contribution in [0.3, 0.4) is 0 Å². The summed E-state index contributed by atoms with van der Waals surface area (Å²) >= 11 is 11.9. The zero-order valence-corrected chi connectivity index (χ0v) is 12.5. The lowest BCUT2D eigenvalue weighted by molar-refractivity contribution is -0.117. The Morgan fingerprint density at radius 2 is 2.26 bits per heavy atom. The van der Waals surface area contributed by atoms with E-state index in [1.807, 2.05) is 0 Å². The number of nitrogens with zero attached hydrogens (tertiary/aromatic N) is 1. The van der Waals surface area contributed by atoms with Crippen molar-refractivity contribution in [1.29, 1.82) is 0 Å². The first-order valence-corrected chi connectivity index (χ1v) is 7.23. The average molecular weight is 301 g/mol. The second kappa shape index (κ2) is 6.60. The molecule has 1 atom stereocenters. The third-order valence-electron chi connectivity index (χ3n) is 3.40. The molecule has 0 saturated carbocycles. The summed E-state index contributed by atoms with van der Waals surface area (Å²) in [6.45, 7) is 2.11. The molecule has 1 heterocycles. The van der Waals surface area contributed by atoms with Gasteiger partial charge in [0, 0.05) is 18.0 Å². The molecule has 1 unspecified atom stereocenters. The molecule has 5 heteroatoms. The minimum atomic E-state index is 0.00414. The van der Waals surface area contributed by atoms with Gasteiger partial charge in [0.15, 0.2) is 0 Å². The van der Waals surface area contributed by atoms with Crippen LogP contribution in [-0.4, -0.2) is 30.9 Å². The number of rotatable bonds is 3. The Morgan fingerprint density at radius 3 is 3.00 bits per heavy atom. The number of nitrogens with one attached hydrogen (secondary N) is 1. The highest BCUT2D eigenvalue weighted by molar-refractivity contribution is 6.35. The topological polar surface area (TPSA) is 32.3 Å².